The lowest BCUT2D eigenvalue weighted by Crippen LogP contribution is -2.28. The van der Waals surface area contributed by atoms with E-state index in [9.17, 15) is 20.0 Å². The Balaban J connectivity index is 2.16. The summed E-state index contributed by atoms with van der Waals surface area (Å²) < 4.78 is 1.66. The van der Waals surface area contributed by atoms with Gasteiger partial charge in [0.2, 0.25) is 0 Å². The van der Waals surface area contributed by atoms with E-state index in [2.05, 4.69) is 15.5 Å². The second-order valence-electron chi connectivity index (χ2n) is 4.46. The number of carbonyl (C=O) groups is 1. The van der Waals surface area contributed by atoms with Gasteiger partial charge in [-0.1, -0.05) is 0 Å². The van der Waals surface area contributed by atoms with Gasteiger partial charge < -0.3 is 15.0 Å². The molecule has 2 aromatic rings. The molecule has 1 amide bonds. The molecule has 0 bridgehead atoms. The van der Waals surface area contributed by atoms with Gasteiger partial charge in [-0.2, -0.15) is 0 Å². The van der Waals surface area contributed by atoms with Crippen LogP contribution in [0.2, 0.25) is 0 Å². The van der Waals surface area contributed by atoms with Gasteiger partial charge in [0.15, 0.2) is 11.6 Å². The van der Waals surface area contributed by atoms with Crippen molar-refractivity contribution in [1.82, 2.24) is 20.1 Å². The summed E-state index contributed by atoms with van der Waals surface area (Å²) in [7, 11) is 1.75. The van der Waals surface area contributed by atoms with Crippen molar-refractivity contribution in [1.29, 1.82) is 0 Å². The monoisotopic (exact) mass is 291 g/mol. The average Bonchev–Trinajstić information content (AvgIpc) is 2.84. The number of rotatable bonds is 4. The Bertz CT molecular complexity index is 697. The smallest absolute Gasteiger partial charge is 0.310 e. The number of carbonyl (C=O) groups excluding carboxylic acids is 1. The Hall–Kier alpha value is -2.97. The molecular formula is C12H13N5O4. The van der Waals surface area contributed by atoms with Gasteiger partial charge >= 0.3 is 5.69 Å². The molecule has 1 unspecified atom stereocenters. The highest BCUT2D eigenvalue weighted by Gasteiger charge is 2.19. The molecule has 0 aliphatic rings. The van der Waals surface area contributed by atoms with E-state index in [4.69, 9.17) is 0 Å². The molecular weight excluding hydrogens is 278 g/mol. The minimum Gasteiger partial charge on any atom is -0.502 e. The first kappa shape index (κ1) is 14.4. The molecule has 0 aliphatic heterocycles. The normalized spacial score (nSPS) is 11.9. The number of amides is 1. The van der Waals surface area contributed by atoms with E-state index in [1.807, 2.05) is 0 Å². The molecule has 0 saturated carbocycles. The maximum atomic E-state index is 12.0. The van der Waals surface area contributed by atoms with Crippen molar-refractivity contribution in [3.05, 3.63) is 46.0 Å². The molecule has 110 valence electrons. The van der Waals surface area contributed by atoms with Crippen LogP contribution in [0.25, 0.3) is 0 Å². The largest absolute Gasteiger partial charge is 0.502 e. The quantitative estimate of drug-likeness (QED) is 0.637. The predicted molar refractivity (Wildman–Crippen MR) is 71.6 cm³/mol. The number of aromatic hydroxyl groups is 1. The standard InChI is InChI=1S/C12H13N5O4/c1-7(11-15-13-6-16(11)2)14-12(19)8-3-4-9(17(20)21)10(18)5-8/h3-7,18H,1-2H3,(H,14,19). The number of nitro benzene ring substituents is 1. The fourth-order valence-electron chi connectivity index (χ4n) is 1.85. The number of hydrogen-bond donors (Lipinski definition) is 2. The van der Waals surface area contributed by atoms with Crippen LogP contribution in [0.4, 0.5) is 5.69 Å². The highest BCUT2D eigenvalue weighted by atomic mass is 16.6. The number of nitrogens with zero attached hydrogens (tertiary/aromatic N) is 4. The molecule has 9 nitrogen and oxygen atoms in total. The van der Waals surface area contributed by atoms with Crippen molar-refractivity contribution < 1.29 is 14.8 Å². The maximum Gasteiger partial charge on any atom is 0.310 e. The molecule has 21 heavy (non-hydrogen) atoms. The Morgan fingerprint density at radius 1 is 1.52 bits per heavy atom. The summed E-state index contributed by atoms with van der Waals surface area (Å²) >= 11 is 0. The molecule has 0 fully saturated rings. The zero-order valence-corrected chi connectivity index (χ0v) is 11.3. The van der Waals surface area contributed by atoms with Crippen LogP contribution in [-0.2, 0) is 7.05 Å². The molecule has 0 radical (unpaired) electrons. The summed E-state index contributed by atoms with van der Waals surface area (Å²) in [5.41, 5.74) is -0.333. The van der Waals surface area contributed by atoms with Crippen LogP contribution in [-0.4, -0.2) is 30.7 Å². The van der Waals surface area contributed by atoms with Gasteiger partial charge in [0.1, 0.15) is 6.33 Å². The Morgan fingerprint density at radius 3 is 2.76 bits per heavy atom. The number of benzene rings is 1. The summed E-state index contributed by atoms with van der Waals surface area (Å²) in [6, 6.07) is 3.01. The third-order valence-electron chi connectivity index (χ3n) is 2.92. The average molecular weight is 291 g/mol. The molecule has 0 spiro atoms. The Labute approximate surface area is 119 Å². The van der Waals surface area contributed by atoms with Crippen molar-refractivity contribution in [3.8, 4) is 5.75 Å². The second kappa shape index (κ2) is 5.57. The minimum absolute atomic E-state index is 0.118. The fourth-order valence-corrected chi connectivity index (χ4v) is 1.85. The molecule has 0 aliphatic carbocycles. The highest BCUT2D eigenvalue weighted by Crippen LogP contribution is 2.26. The molecule has 2 N–H and O–H groups in total. The van der Waals surface area contributed by atoms with Crippen LogP contribution < -0.4 is 5.32 Å². The number of nitrogens with one attached hydrogen (secondary N) is 1. The van der Waals surface area contributed by atoms with Crippen molar-refractivity contribution in [2.24, 2.45) is 7.05 Å². The van der Waals surface area contributed by atoms with Gasteiger partial charge in [-0.05, 0) is 19.1 Å². The van der Waals surface area contributed by atoms with Crippen LogP contribution in [0.1, 0.15) is 29.1 Å². The van der Waals surface area contributed by atoms with E-state index in [1.54, 1.807) is 18.5 Å². The van der Waals surface area contributed by atoms with E-state index in [1.165, 1.54) is 12.4 Å². The van der Waals surface area contributed by atoms with Crippen molar-refractivity contribution >= 4 is 11.6 Å². The van der Waals surface area contributed by atoms with E-state index < -0.39 is 28.3 Å². The Kier molecular flexibility index (Phi) is 3.83. The number of phenolic OH excluding ortho intramolecular Hbond substituents is 1. The topological polar surface area (TPSA) is 123 Å². The zero-order chi connectivity index (χ0) is 15.6. The first-order valence-electron chi connectivity index (χ1n) is 6.02. The SMILES string of the molecule is CC(NC(=O)c1ccc([N+](=O)[O-])c(O)c1)c1nncn1C. The van der Waals surface area contributed by atoms with E-state index >= 15 is 0 Å². The van der Waals surface area contributed by atoms with Gasteiger partial charge in [0, 0.05) is 18.7 Å². The van der Waals surface area contributed by atoms with Gasteiger partial charge in [-0.3, -0.25) is 14.9 Å². The van der Waals surface area contributed by atoms with Crippen molar-refractivity contribution in [2.45, 2.75) is 13.0 Å². The van der Waals surface area contributed by atoms with Crippen molar-refractivity contribution in [2.75, 3.05) is 0 Å². The van der Waals surface area contributed by atoms with Gasteiger partial charge in [-0.15, -0.1) is 10.2 Å². The van der Waals surface area contributed by atoms with Crippen molar-refractivity contribution in [3.63, 3.8) is 0 Å². The maximum absolute atomic E-state index is 12.0. The van der Waals surface area contributed by atoms with E-state index in [0.29, 0.717) is 5.82 Å². The zero-order valence-electron chi connectivity index (χ0n) is 11.3. The Morgan fingerprint density at radius 2 is 2.24 bits per heavy atom. The summed E-state index contributed by atoms with van der Waals surface area (Å²) in [4.78, 5) is 21.9. The minimum atomic E-state index is -0.723. The molecule has 1 aromatic carbocycles. The molecule has 9 heteroatoms. The lowest BCUT2D eigenvalue weighted by Gasteiger charge is -2.13. The van der Waals surface area contributed by atoms with Gasteiger partial charge in [0.25, 0.3) is 5.91 Å². The number of hydrogen-bond acceptors (Lipinski definition) is 6. The molecule has 1 heterocycles. The second-order valence-corrected chi connectivity index (χ2v) is 4.46. The van der Waals surface area contributed by atoms with Gasteiger partial charge in [0.05, 0.1) is 11.0 Å². The summed E-state index contributed by atoms with van der Waals surface area (Å²) in [5, 5.41) is 30.4. The van der Waals surface area contributed by atoms with Crippen LogP contribution in [0.15, 0.2) is 24.5 Å². The van der Waals surface area contributed by atoms with E-state index in [-0.39, 0.29) is 5.56 Å². The molecule has 1 atom stereocenters. The molecule has 1 aromatic heterocycles. The first-order valence-corrected chi connectivity index (χ1v) is 6.02. The predicted octanol–water partition coefficient (Wildman–Crippen LogP) is 0.920. The number of aromatic nitrogens is 3. The first-order chi connectivity index (χ1) is 9.90. The van der Waals surface area contributed by atoms with Crippen LogP contribution in [0, 0.1) is 10.1 Å². The van der Waals surface area contributed by atoms with Crippen LogP contribution >= 0.6 is 0 Å². The third kappa shape index (κ3) is 2.96. The van der Waals surface area contributed by atoms with Gasteiger partial charge in [-0.25, -0.2) is 0 Å². The molecule has 2 rings (SSSR count). The lowest BCUT2D eigenvalue weighted by atomic mass is 10.1. The third-order valence-corrected chi connectivity index (χ3v) is 2.92. The number of nitro groups is 1. The van der Waals surface area contributed by atoms with Crippen LogP contribution in [0.3, 0.4) is 0 Å². The number of phenols is 1. The summed E-state index contributed by atoms with van der Waals surface area (Å²) in [6.07, 6.45) is 1.51. The molecule has 0 saturated heterocycles. The lowest BCUT2D eigenvalue weighted by molar-refractivity contribution is -0.385. The fraction of sp³-hybridized carbons (Fsp3) is 0.250. The van der Waals surface area contributed by atoms with Crippen LogP contribution in [0.5, 0.6) is 5.75 Å². The highest BCUT2D eigenvalue weighted by molar-refractivity contribution is 5.95. The van der Waals surface area contributed by atoms with E-state index in [0.717, 1.165) is 12.1 Å². The number of aryl methyl sites for hydroxylation is 1. The summed E-state index contributed by atoms with van der Waals surface area (Å²) in [5.74, 6) is -0.468. The summed E-state index contributed by atoms with van der Waals surface area (Å²) in [6.45, 7) is 1.73.